The maximum absolute atomic E-state index is 8.45. The molecule has 0 spiro atoms. The standard InChI is InChI=1S/C6H7IN2O2/c7-5-3-8-4-9-6(5)11-2-1-10/h3-4,10H,1-2H2. The zero-order valence-corrected chi connectivity index (χ0v) is 7.85. The lowest BCUT2D eigenvalue weighted by Gasteiger charge is -2.02. The molecule has 1 aromatic rings. The van der Waals surface area contributed by atoms with Gasteiger partial charge in [-0.15, -0.1) is 0 Å². The summed E-state index contributed by atoms with van der Waals surface area (Å²) in [5.41, 5.74) is 0. The van der Waals surface area contributed by atoms with Crippen molar-refractivity contribution >= 4 is 22.6 Å². The Balaban J connectivity index is 2.62. The van der Waals surface area contributed by atoms with Crippen LogP contribution in [0, 0.1) is 3.57 Å². The van der Waals surface area contributed by atoms with Gasteiger partial charge in [0.2, 0.25) is 5.88 Å². The molecule has 0 aromatic carbocycles. The van der Waals surface area contributed by atoms with Gasteiger partial charge in [0.15, 0.2) is 0 Å². The molecule has 0 radical (unpaired) electrons. The zero-order chi connectivity index (χ0) is 8.10. The summed E-state index contributed by atoms with van der Waals surface area (Å²) in [6.45, 7) is 0.271. The summed E-state index contributed by atoms with van der Waals surface area (Å²) in [4.78, 5) is 7.66. The van der Waals surface area contributed by atoms with E-state index in [-0.39, 0.29) is 13.2 Å². The second-order valence-electron chi connectivity index (χ2n) is 1.75. The molecule has 0 saturated carbocycles. The SMILES string of the molecule is OCCOc1ncncc1I. The Hall–Kier alpha value is -0.430. The lowest BCUT2D eigenvalue weighted by Crippen LogP contribution is -2.04. The van der Waals surface area contributed by atoms with Crippen LogP contribution < -0.4 is 4.74 Å². The van der Waals surface area contributed by atoms with Crippen LogP contribution in [0.4, 0.5) is 0 Å². The molecular weight excluding hydrogens is 259 g/mol. The fourth-order valence-corrected chi connectivity index (χ4v) is 1.01. The highest BCUT2D eigenvalue weighted by Gasteiger charge is 1.99. The first-order valence-electron chi connectivity index (χ1n) is 3.03. The molecule has 60 valence electrons. The molecule has 0 atom stereocenters. The molecule has 1 N–H and O–H groups in total. The molecule has 11 heavy (non-hydrogen) atoms. The topological polar surface area (TPSA) is 55.2 Å². The molecule has 1 heterocycles. The summed E-state index contributed by atoms with van der Waals surface area (Å²) in [7, 11) is 0. The van der Waals surface area contributed by atoms with E-state index in [1.165, 1.54) is 6.33 Å². The first-order valence-corrected chi connectivity index (χ1v) is 4.11. The average Bonchev–Trinajstić information content (AvgIpc) is 2.03. The summed E-state index contributed by atoms with van der Waals surface area (Å²) in [5.74, 6) is 0.523. The maximum atomic E-state index is 8.45. The van der Waals surface area contributed by atoms with E-state index >= 15 is 0 Å². The van der Waals surface area contributed by atoms with E-state index in [0.717, 1.165) is 3.57 Å². The quantitative estimate of drug-likeness (QED) is 0.807. The van der Waals surface area contributed by atoms with Crippen molar-refractivity contribution in [2.75, 3.05) is 13.2 Å². The van der Waals surface area contributed by atoms with Crippen molar-refractivity contribution in [2.45, 2.75) is 0 Å². The number of nitrogens with zero attached hydrogens (tertiary/aromatic N) is 2. The molecule has 0 saturated heterocycles. The fourth-order valence-electron chi connectivity index (χ4n) is 0.550. The van der Waals surface area contributed by atoms with Gasteiger partial charge < -0.3 is 9.84 Å². The van der Waals surface area contributed by atoms with Crippen LogP contribution in [-0.2, 0) is 0 Å². The highest BCUT2D eigenvalue weighted by molar-refractivity contribution is 14.1. The molecule has 0 aliphatic carbocycles. The van der Waals surface area contributed by atoms with Crippen LogP contribution in [0.2, 0.25) is 0 Å². The van der Waals surface area contributed by atoms with Gasteiger partial charge in [-0.2, -0.15) is 0 Å². The van der Waals surface area contributed by atoms with Crippen molar-refractivity contribution in [3.05, 3.63) is 16.1 Å². The van der Waals surface area contributed by atoms with Crippen LogP contribution in [0.25, 0.3) is 0 Å². The largest absolute Gasteiger partial charge is 0.474 e. The van der Waals surface area contributed by atoms with Gasteiger partial charge in [-0.1, -0.05) is 0 Å². The van der Waals surface area contributed by atoms with Crippen molar-refractivity contribution in [1.82, 2.24) is 9.97 Å². The highest BCUT2D eigenvalue weighted by Crippen LogP contribution is 2.14. The molecule has 4 nitrogen and oxygen atoms in total. The third-order valence-electron chi connectivity index (χ3n) is 0.964. The molecule has 5 heteroatoms. The minimum absolute atomic E-state index is 0.0000822. The second-order valence-corrected chi connectivity index (χ2v) is 2.91. The summed E-state index contributed by atoms with van der Waals surface area (Å²) in [6.07, 6.45) is 3.06. The van der Waals surface area contributed by atoms with Crippen LogP contribution in [0.3, 0.4) is 0 Å². The molecule has 0 unspecified atom stereocenters. The van der Waals surface area contributed by atoms with E-state index in [1.807, 2.05) is 0 Å². The Kier molecular flexibility index (Phi) is 3.50. The van der Waals surface area contributed by atoms with Crippen LogP contribution in [0.1, 0.15) is 0 Å². The van der Waals surface area contributed by atoms with E-state index in [9.17, 15) is 0 Å². The van der Waals surface area contributed by atoms with Crippen LogP contribution in [0.15, 0.2) is 12.5 Å². The summed E-state index contributed by atoms with van der Waals surface area (Å²) in [5, 5.41) is 8.45. The Morgan fingerprint density at radius 2 is 2.45 bits per heavy atom. The third kappa shape index (κ3) is 2.58. The van der Waals surface area contributed by atoms with Crippen molar-refractivity contribution in [3.8, 4) is 5.88 Å². The van der Waals surface area contributed by atoms with Gasteiger partial charge in [0.25, 0.3) is 0 Å². The number of aliphatic hydroxyl groups excluding tert-OH is 1. The van der Waals surface area contributed by atoms with Gasteiger partial charge >= 0.3 is 0 Å². The van der Waals surface area contributed by atoms with Gasteiger partial charge in [0.1, 0.15) is 12.9 Å². The van der Waals surface area contributed by atoms with E-state index in [1.54, 1.807) is 6.20 Å². The lowest BCUT2D eigenvalue weighted by atomic mass is 10.6. The van der Waals surface area contributed by atoms with Crippen LogP contribution in [0.5, 0.6) is 5.88 Å². The van der Waals surface area contributed by atoms with Gasteiger partial charge in [0.05, 0.1) is 10.2 Å². The molecule has 1 aromatic heterocycles. The van der Waals surface area contributed by atoms with E-state index in [4.69, 9.17) is 9.84 Å². The second kappa shape index (κ2) is 4.45. The molecule has 1 rings (SSSR count). The van der Waals surface area contributed by atoms with Crippen LogP contribution in [-0.4, -0.2) is 28.3 Å². The number of aliphatic hydroxyl groups is 1. The van der Waals surface area contributed by atoms with Crippen molar-refractivity contribution in [1.29, 1.82) is 0 Å². The first-order chi connectivity index (χ1) is 5.34. The smallest absolute Gasteiger partial charge is 0.230 e. The van der Waals surface area contributed by atoms with E-state index in [0.29, 0.717) is 5.88 Å². The number of hydrogen-bond acceptors (Lipinski definition) is 4. The van der Waals surface area contributed by atoms with Crippen molar-refractivity contribution in [3.63, 3.8) is 0 Å². The Morgan fingerprint density at radius 3 is 3.09 bits per heavy atom. The molecular formula is C6H7IN2O2. The minimum atomic E-state index is 0.0000822. The monoisotopic (exact) mass is 266 g/mol. The number of rotatable bonds is 3. The van der Waals surface area contributed by atoms with Gasteiger partial charge in [0, 0.05) is 6.20 Å². The molecule has 0 amide bonds. The Morgan fingerprint density at radius 1 is 1.64 bits per heavy atom. The lowest BCUT2D eigenvalue weighted by molar-refractivity contribution is 0.195. The predicted molar refractivity (Wildman–Crippen MR) is 47.3 cm³/mol. The average molecular weight is 266 g/mol. The number of halogens is 1. The van der Waals surface area contributed by atoms with Gasteiger partial charge in [-0.25, -0.2) is 9.97 Å². The highest BCUT2D eigenvalue weighted by atomic mass is 127. The summed E-state index contributed by atoms with van der Waals surface area (Å²) < 4.78 is 5.92. The minimum Gasteiger partial charge on any atom is -0.474 e. The maximum Gasteiger partial charge on any atom is 0.230 e. The predicted octanol–water partition coefficient (Wildman–Crippen LogP) is 0.452. The zero-order valence-electron chi connectivity index (χ0n) is 5.70. The Bertz CT molecular complexity index is 232. The molecule has 0 aliphatic rings. The van der Waals surface area contributed by atoms with Gasteiger partial charge in [-0.3, -0.25) is 0 Å². The normalized spacial score (nSPS) is 9.64. The fraction of sp³-hybridized carbons (Fsp3) is 0.333. The molecule has 0 aliphatic heterocycles. The first kappa shape index (κ1) is 8.66. The summed E-state index contributed by atoms with van der Waals surface area (Å²) in [6, 6.07) is 0. The number of hydrogen-bond donors (Lipinski definition) is 1. The van der Waals surface area contributed by atoms with E-state index < -0.39 is 0 Å². The van der Waals surface area contributed by atoms with Crippen molar-refractivity contribution in [2.24, 2.45) is 0 Å². The number of aromatic nitrogens is 2. The van der Waals surface area contributed by atoms with Gasteiger partial charge in [-0.05, 0) is 22.6 Å². The number of ether oxygens (including phenoxy) is 1. The van der Waals surface area contributed by atoms with E-state index in [2.05, 4.69) is 32.6 Å². The van der Waals surface area contributed by atoms with Crippen LogP contribution >= 0.6 is 22.6 Å². The van der Waals surface area contributed by atoms with Crippen molar-refractivity contribution < 1.29 is 9.84 Å². The Labute approximate surface area is 77.8 Å². The molecule has 0 fully saturated rings. The molecule has 0 bridgehead atoms. The third-order valence-corrected chi connectivity index (χ3v) is 1.70. The summed E-state index contributed by atoms with van der Waals surface area (Å²) >= 11 is 2.07.